The number of aromatic nitrogens is 3. The smallest absolute Gasteiger partial charge is 0.214 e. The number of nitrogens with zero attached hydrogens (tertiary/aromatic N) is 4. The number of halogens is 1. The molecule has 0 bridgehead atoms. The Morgan fingerprint density at radius 3 is 2.96 bits per heavy atom. The number of nitrogens with one attached hydrogen (secondary N) is 1. The standard InChI is InChI=1S/C16H18FN5OS/c1-21-6-7-23-13(9-21)8-18-15-20-22-10-14(19-16(22)24-15)11-2-4-12(17)5-3-11/h2-5,10,13H,6-9H2,1H3,(H,18,20). The van der Waals surface area contributed by atoms with Gasteiger partial charge < -0.3 is 15.0 Å². The molecule has 1 atom stereocenters. The van der Waals surface area contributed by atoms with Gasteiger partial charge in [0.25, 0.3) is 0 Å². The second-order valence-corrected chi connectivity index (χ2v) is 6.86. The normalized spacial score (nSPS) is 19.0. The predicted octanol–water partition coefficient (Wildman–Crippen LogP) is 2.34. The number of likely N-dealkylation sites (N-methyl/N-ethyl adjacent to an activating group) is 1. The van der Waals surface area contributed by atoms with Crippen LogP contribution >= 0.6 is 11.3 Å². The highest BCUT2D eigenvalue weighted by Gasteiger charge is 2.18. The summed E-state index contributed by atoms with van der Waals surface area (Å²) in [5, 5.41) is 8.64. The van der Waals surface area contributed by atoms with E-state index in [9.17, 15) is 4.39 Å². The highest BCUT2D eigenvalue weighted by Crippen LogP contribution is 2.24. The van der Waals surface area contributed by atoms with E-state index in [1.165, 1.54) is 23.5 Å². The van der Waals surface area contributed by atoms with Crippen LogP contribution in [0.5, 0.6) is 0 Å². The maximum Gasteiger partial charge on any atom is 0.214 e. The Balaban J connectivity index is 1.44. The lowest BCUT2D eigenvalue weighted by atomic mass is 10.2. The first kappa shape index (κ1) is 15.5. The zero-order valence-corrected chi connectivity index (χ0v) is 14.1. The minimum absolute atomic E-state index is 0.176. The first-order valence-electron chi connectivity index (χ1n) is 7.83. The van der Waals surface area contributed by atoms with Crippen molar-refractivity contribution in [2.24, 2.45) is 0 Å². The number of benzene rings is 1. The van der Waals surface area contributed by atoms with Crippen molar-refractivity contribution < 1.29 is 9.13 Å². The monoisotopic (exact) mass is 347 g/mol. The minimum Gasteiger partial charge on any atom is -0.374 e. The van der Waals surface area contributed by atoms with E-state index < -0.39 is 0 Å². The molecule has 1 fully saturated rings. The van der Waals surface area contributed by atoms with Gasteiger partial charge in [-0.05, 0) is 31.3 Å². The maximum absolute atomic E-state index is 13.0. The molecule has 1 aliphatic rings. The van der Waals surface area contributed by atoms with Crippen LogP contribution < -0.4 is 5.32 Å². The molecule has 3 heterocycles. The van der Waals surface area contributed by atoms with Crippen LogP contribution in [0.15, 0.2) is 30.5 Å². The number of rotatable bonds is 4. The van der Waals surface area contributed by atoms with Crippen molar-refractivity contribution in [1.82, 2.24) is 19.5 Å². The summed E-state index contributed by atoms with van der Waals surface area (Å²) in [5.41, 5.74) is 1.67. The third-order valence-electron chi connectivity index (χ3n) is 4.01. The molecule has 0 spiro atoms. The zero-order valence-electron chi connectivity index (χ0n) is 13.3. The molecule has 6 nitrogen and oxygen atoms in total. The molecule has 0 radical (unpaired) electrons. The van der Waals surface area contributed by atoms with Crippen molar-refractivity contribution in [3.05, 3.63) is 36.3 Å². The number of anilines is 1. The van der Waals surface area contributed by atoms with Crippen LogP contribution in [0.25, 0.3) is 16.2 Å². The lowest BCUT2D eigenvalue weighted by molar-refractivity contribution is -0.0117. The summed E-state index contributed by atoms with van der Waals surface area (Å²) < 4.78 is 20.5. The molecule has 1 unspecified atom stereocenters. The average Bonchev–Trinajstić information content (AvgIpc) is 3.12. The Bertz CT molecular complexity index is 799. The fourth-order valence-corrected chi connectivity index (χ4v) is 3.51. The first-order chi connectivity index (χ1) is 11.7. The van der Waals surface area contributed by atoms with Gasteiger partial charge in [-0.2, -0.15) is 0 Å². The fourth-order valence-electron chi connectivity index (χ4n) is 2.72. The average molecular weight is 347 g/mol. The Morgan fingerprint density at radius 1 is 1.38 bits per heavy atom. The van der Waals surface area contributed by atoms with Crippen LogP contribution in [0, 0.1) is 5.82 Å². The molecule has 8 heteroatoms. The number of ether oxygens (including phenoxy) is 1. The van der Waals surface area contributed by atoms with Crippen LogP contribution in [-0.2, 0) is 4.74 Å². The number of hydrogen-bond donors (Lipinski definition) is 1. The third-order valence-corrected chi connectivity index (χ3v) is 4.89. The van der Waals surface area contributed by atoms with E-state index in [0.29, 0.717) is 0 Å². The van der Waals surface area contributed by atoms with Gasteiger partial charge in [0.15, 0.2) is 0 Å². The van der Waals surface area contributed by atoms with Crippen LogP contribution in [0.2, 0.25) is 0 Å². The predicted molar refractivity (Wildman–Crippen MR) is 92.0 cm³/mol. The van der Waals surface area contributed by atoms with E-state index in [1.54, 1.807) is 16.6 Å². The van der Waals surface area contributed by atoms with Gasteiger partial charge in [0.1, 0.15) is 5.82 Å². The summed E-state index contributed by atoms with van der Waals surface area (Å²) in [5.74, 6) is -0.250. The molecule has 1 aliphatic heterocycles. The Hall–Kier alpha value is -2.03. The van der Waals surface area contributed by atoms with Crippen molar-refractivity contribution in [2.45, 2.75) is 6.10 Å². The van der Waals surface area contributed by atoms with Crippen LogP contribution in [0.1, 0.15) is 0 Å². The van der Waals surface area contributed by atoms with Crippen LogP contribution in [0.3, 0.4) is 0 Å². The maximum atomic E-state index is 13.0. The van der Waals surface area contributed by atoms with E-state index in [1.807, 2.05) is 6.20 Å². The topological polar surface area (TPSA) is 54.7 Å². The van der Waals surface area contributed by atoms with E-state index in [2.05, 4.69) is 27.3 Å². The second kappa shape index (κ2) is 6.46. The second-order valence-electron chi connectivity index (χ2n) is 5.90. The van der Waals surface area contributed by atoms with Crippen molar-refractivity contribution >= 4 is 21.4 Å². The molecular weight excluding hydrogens is 329 g/mol. The molecule has 1 saturated heterocycles. The molecule has 0 aliphatic carbocycles. The number of morpholine rings is 1. The van der Waals surface area contributed by atoms with E-state index in [-0.39, 0.29) is 11.9 Å². The molecule has 126 valence electrons. The molecule has 24 heavy (non-hydrogen) atoms. The lowest BCUT2D eigenvalue weighted by Crippen LogP contribution is -2.43. The lowest BCUT2D eigenvalue weighted by Gasteiger charge is -2.29. The summed E-state index contributed by atoms with van der Waals surface area (Å²) in [6, 6.07) is 6.31. The summed E-state index contributed by atoms with van der Waals surface area (Å²) in [4.78, 5) is 7.62. The van der Waals surface area contributed by atoms with Gasteiger partial charge in [-0.25, -0.2) is 13.9 Å². The van der Waals surface area contributed by atoms with Gasteiger partial charge in [0.2, 0.25) is 10.1 Å². The largest absolute Gasteiger partial charge is 0.374 e. The molecule has 4 rings (SSSR count). The molecule has 0 amide bonds. The Labute approximate surface area is 142 Å². The first-order valence-corrected chi connectivity index (χ1v) is 8.65. The number of fused-ring (bicyclic) bond motifs is 1. The molecule has 2 aromatic heterocycles. The van der Waals surface area contributed by atoms with E-state index >= 15 is 0 Å². The van der Waals surface area contributed by atoms with Crippen molar-refractivity contribution in [3.63, 3.8) is 0 Å². The van der Waals surface area contributed by atoms with E-state index in [4.69, 9.17) is 4.74 Å². The highest BCUT2D eigenvalue weighted by atomic mass is 32.1. The Kier molecular flexibility index (Phi) is 4.17. The quantitative estimate of drug-likeness (QED) is 0.785. The summed E-state index contributed by atoms with van der Waals surface area (Å²) in [6.45, 7) is 3.40. The molecular formula is C16H18FN5OS. The molecule has 1 N–H and O–H groups in total. The van der Waals surface area contributed by atoms with Gasteiger partial charge >= 0.3 is 0 Å². The van der Waals surface area contributed by atoms with Gasteiger partial charge in [0.05, 0.1) is 24.6 Å². The van der Waals surface area contributed by atoms with Gasteiger partial charge in [0, 0.05) is 25.2 Å². The minimum atomic E-state index is -0.250. The number of hydrogen-bond acceptors (Lipinski definition) is 6. The van der Waals surface area contributed by atoms with Gasteiger partial charge in [-0.1, -0.05) is 11.3 Å². The third kappa shape index (κ3) is 3.26. The summed E-state index contributed by atoms with van der Waals surface area (Å²) in [6.07, 6.45) is 2.03. The number of imidazole rings is 1. The zero-order chi connectivity index (χ0) is 16.5. The fraction of sp³-hybridized carbons (Fsp3) is 0.375. The summed E-state index contributed by atoms with van der Waals surface area (Å²) in [7, 11) is 2.10. The SMILES string of the molecule is CN1CCOC(CNc2nn3cc(-c4ccc(F)cc4)nc3s2)C1. The highest BCUT2D eigenvalue weighted by molar-refractivity contribution is 7.20. The Morgan fingerprint density at radius 2 is 2.21 bits per heavy atom. The van der Waals surface area contributed by atoms with Gasteiger partial charge in [-0.15, -0.1) is 5.10 Å². The van der Waals surface area contributed by atoms with Crippen molar-refractivity contribution in [3.8, 4) is 11.3 Å². The molecule has 0 saturated carbocycles. The van der Waals surface area contributed by atoms with Crippen molar-refractivity contribution in [1.29, 1.82) is 0 Å². The molecule has 3 aromatic rings. The van der Waals surface area contributed by atoms with Crippen molar-refractivity contribution in [2.75, 3.05) is 38.6 Å². The van der Waals surface area contributed by atoms with Crippen LogP contribution in [0.4, 0.5) is 9.52 Å². The van der Waals surface area contributed by atoms with E-state index in [0.717, 1.165) is 47.6 Å². The summed E-state index contributed by atoms with van der Waals surface area (Å²) >= 11 is 1.49. The van der Waals surface area contributed by atoms with Crippen LogP contribution in [-0.4, -0.2) is 58.9 Å². The molecule has 1 aromatic carbocycles. The van der Waals surface area contributed by atoms with Gasteiger partial charge in [-0.3, -0.25) is 0 Å².